The summed E-state index contributed by atoms with van der Waals surface area (Å²) in [4.78, 5) is 10.8. The Morgan fingerprint density at radius 1 is 1.45 bits per heavy atom. The van der Waals surface area contributed by atoms with Gasteiger partial charge in [0.25, 0.3) is 10.2 Å². The maximum Gasteiger partial charge on any atom is 0.306 e. The van der Waals surface area contributed by atoms with Crippen LogP contribution in [-0.2, 0) is 21.5 Å². The fraction of sp³-hybridized carbons (Fsp3) is 0.545. The van der Waals surface area contributed by atoms with Gasteiger partial charge in [-0.05, 0) is 25.0 Å². The average Bonchev–Trinajstić information content (AvgIpc) is 2.46. The van der Waals surface area contributed by atoms with Gasteiger partial charge in [-0.25, -0.2) is 0 Å². The van der Waals surface area contributed by atoms with Gasteiger partial charge in [-0.2, -0.15) is 27.6 Å². The molecule has 0 atom stereocenters. The van der Waals surface area contributed by atoms with Crippen LogP contribution in [-0.4, -0.2) is 47.1 Å². The van der Waals surface area contributed by atoms with E-state index in [1.807, 2.05) is 0 Å². The summed E-state index contributed by atoms with van der Waals surface area (Å²) in [6.45, 7) is 0.495. The fourth-order valence-corrected chi connectivity index (χ4v) is 3.23. The number of hydrogen-bond donors (Lipinski definition) is 2. The van der Waals surface area contributed by atoms with Crippen LogP contribution in [0.3, 0.4) is 0 Å². The van der Waals surface area contributed by atoms with Gasteiger partial charge in [-0.1, -0.05) is 0 Å². The minimum atomic E-state index is -3.61. The number of aromatic nitrogens is 2. The minimum Gasteiger partial charge on any atom is -0.481 e. The summed E-state index contributed by atoms with van der Waals surface area (Å²) >= 11 is 0. The molecule has 2 heterocycles. The van der Waals surface area contributed by atoms with Crippen LogP contribution in [0.4, 0.5) is 0 Å². The zero-order valence-corrected chi connectivity index (χ0v) is 11.6. The Kier molecular flexibility index (Phi) is 4.63. The van der Waals surface area contributed by atoms with Crippen LogP contribution in [0.25, 0.3) is 0 Å². The summed E-state index contributed by atoms with van der Waals surface area (Å²) in [5.74, 6) is -1.32. The monoisotopic (exact) mass is 300 g/mol. The van der Waals surface area contributed by atoms with Crippen molar-refractivity contribution in [1.82, 2.24) is 19.2 Å². The van der Waals surface area contributed by atoms with Crippen LogP contribution in [0.1, 0.15) is 18.5 Å². The number of nitrogens with zero attached hydrogens (tertiary/aromatic N) is 3. The maximum atomic E-state index is 12.1. The van der Waals surface area contributed by atoms with Gasteiger partial charge in [0, 0.05) is 19.3 Å². The molecule has 1 aliphatic heterocycles. The molecule has 110 valence electrons. The first-order valence-electron chi connectivity index (χ1n) is 6.23. The predicted molar refractivity (Wildman–Crippen MR) is 69.7 cm³/mol. The van der Waals surface area contributed by atoms with Gasteiger partial charge in [0.1, 0.15) is 0 Å². The highest BCUT2D eigenvalue weighted by molar-refractivity contribution is 7.87. The normalized spacial score (nSPS) is 18.0. The van der Waals surface area contributed by atoms with E-state index in [-0.39, 0.29) is 19.6 Å². The van der Waals surface area contributed by atoms with Crippen molar-refractivity contribution in [3.63, 3.8) is 0 Å². The second-order valence-corrected chi connectivity index (χ2v) is 6.31. The van der Waals surface area contributed by atoms with Crippen molar-refractivity contribution in [2.45, 2.75) is 19.4 Å². The lowest BCUT2D eigenvalue weighted by molar-refractivity contribution is -0.142. The lowest BCUT2D eigenvalue weighted by Gasteiger charge is -2.29. The summed E-state index contributed by atoms with van der Waals surface area (Å²) in [6.07, 6.45) is 2.18. The number of piperidine rings is 1. The number of rotatable bonds is 5. The summed E-state index contributed by atoms with van der Waals surface area (Å²) in [5, 5.41) is 16.3. The predicted octanol–water partition coefficient (Wildman–Crippen LogP) is -0.392. The minimum absolute atomic E-state index is 0.0645. The van der Waals surface area contributed by atoms with E-state index in [4.69, 9.17) is 5.11 Å². The summed E-state index contributed by atoms with van der Waals surface area (Å²) < 4.78 is 27.8. The molecule has 8 nitrogen and oxygen atoms in total. The van der Waals surface area contributed by atoms with E-state index in [0.29, 0.717) is 18.5 Å². The summed E-state index contributed by atoms with van der Waals surface area (Å²) in [6, 6.07) is 3.35. The quantitative estimate of drug-likeness (QED) is 0.765. The van der Waals surface area contributed by atoms with Gasteiger partial charge in [0.2, 0.25) is 0 Å². The van der Waals surface area contributed by atoms with Crippen molar-refractivity contribution >= 4 is 16.2 Å². The molecule has 2 rings (SSSR count). The molecule has 0 unspecified atom stereocenters. The van der Waals surface area contributed by atoms with Crippen LogP contribution in [0.5, 0.6) is 0 Å². The molecular formula is C11H16N4O4S. The molecule has 1 aromatic rings. The number of carbonyl (C=O) groups is 1. The number of hydrogen-bond acceptors (Lipinski definition) is 5. The molecule has 1 aliphatic rings. The largest absolute Gasteiger partial charge is 0.481 e. The summed E-state index contributed by atoms with van der Waals surface area (Å²) in [7, 11) is -3.61. The first kappa shape index (κ1) is 14.8. The number of aliphatic carboxylic acids is 1. The third kappa shape index (κ3) is 3.71. The molecule has 2 N–H and O–H groups in total. The number of carboxylic acids is 1. The number of nitrogens with one attached hydrogen (secondary N) is 1. The molecule has 1 fully saturated rings. The van der Waals surface area contributed by atoms with Gasteiger partial charge in [-0.3, -0.25) is 4.79 Å². The average molecular weight is 300 g/mol. The molecule has 0 aromatic carbocycles. The third-order valence-corrected chi connectivity index (χ3v) is 4.76. The van der Waals surface area contributed by atoms with Crippen LogP contribution in [0.2, 0.25) is 0 Å². The molecule has 0 amide bonds. The van der Waals surface area contributed by atoms with E-state index < -0.39 is 22.1 Å². The van der Waals surface area contributed by atoms with Crippen LogP contribution >= 0.6 is 0 Å². The van der Waals surface area contributed by atoms with E-state index in [9.17, 15) is 13.2 Å². The number of carboxylic acid groups (broad SMARTS) is 1. The van der Waals surface area contributed by atoms with Crippen LogP contribution in [0, 0.1) is 5.92 Å². The van der Waals surface area contributed by atoms with Crippen LogP contribution < -0.4 is 4.72 Å². The van der Waals surface area contributed by atoms with Crippen molar-refractivity contribution in [1.29, 1.82) is 0 Å². The molecule has 0 spiro atoms. The highest BCUT2D eigenvalue weighted by Crippen LogP contribution is 2.19. The highest BCUT2D eigenvalue weighted by Gasteiger charge is 2.30. The van der Waals surface area contributed by atoms with Gasteiger partial charge >= 0.3 is 5.97 Å². The van der Waals surface area contributed by atoms with E-state index in [1.165, 1.54) is 10.5 Å². The topological polar surface area (TPSA) is 112 Å². The van der Waals surface area contributed by atoms with Crippen LogP contribution in [0.15, 0.2) is 18.3 Å². The molecule has 0 saturated carbocycles. The Balaban J connectivity index is 1.90. The van der Waals surface area contributed by atoms with E-state index in [0.717, 1.165) is 0 Å². The molecule has 0 bridgehead atoms. The highest BCUT2D eigenvalue weighted by atomic mass is 32.2. The van der Waals surface area contributed by atoms with Gasteiger partial charge in [0.05, 0.1) is 18.2 Å². The molecular weight excluding hydrogens is 284 g/mol. The lowest BCUT2D eigenvalue weighted by Crippen LogP contribution is -2.45. The zero-order chi connectivity index (χ0) is 14.6. The SMILES string of the molecule is O=C(O)C1CCN(S(=O)(=O)NCc2cccnn2)CC1. The second kappa shape index (κ2) is 6.25. The van der Waals surface area contributed by atoms with Gasteiger partial charge < -0.3 is 5.11 Å². The van der Waals surface area contributed by atoms with Gasteiger partial charge in [-0.15, -0.1) is 0 Å². The Bertz CT molecular complexity index is 555. The first-order chi connectivity index (χ1) is 9.49. The Labute approximate surface area is 117 Å². The van der Waals surface area contributed by atoms with Crippen molar-refractivity contribution in [2.24, 2.45) is 5.92 Å². The standard InChI is InChI=1S/C11H16N4O4S/c16-11(17)9-3-6-15(7-4-9)20(18,19)13-8-10-2-1-5-12-14-10/h1-2,5,9,13H,3-4,6-8H2,(H,16,17). The molecule has 0 aliphatic carbocycles. The Hall–Kier alpha value is -1.58. The van der Waals surface area contributed by atoms with Crippen molar-refractivity contribution in [3.05, 3.63) is 24.0 Å². The first-order valence-corrected chi connectivity index (χ1v) is 7.67. The van der Waals surface area contributed by atoms with Gasteiger partial charge in [0.15, 0.2) is 0 Å². The third-order valence-electron chi connectivity index (χ3n) is 3.21. The van der Waals surface area contributed by atoms with E-state index >= 15 is 0 Å². The van der Waals surface area contributed by atoms with E-state index in [2.05, 4.69) is 14.9 Å². The molecule has 1 saturated heterocycles. The van der Waals surface area contributed by atoms with E-state index in [1.54, 1.807) is 12.1 Å². The maximum absolute atomic E-state index is 12.1. The molecule has 1 aromatic heterocycles. The molecule has 20 heavy (non-hydrogen) atoms. The smallest absolute Gasteiger partial charge is 0.306 e. The van der Waals surface area contributed by atoms with Crippen molar-refractivity contribution in [2.75, 3.05) is 13.1 Å². The Morgan fingerprint density at radius 3 is 2.70 bits per heavy atom. The molecule has 0 radical (unpaired) electrons. The second-order valence-electron chi connectivity index (χ2n) is 4.55. The van der Waals surface area contributed by atoms with Crippen molar-refractivity contribution < 1.29 is 18.3 Å². The fourth-order valence-electron chi connectivity index (χ4n) is 2.03. The zero-order valence-electron chi connectivity index (χ0n) is 10.8. The lowest BCUT2D eigenvalue weighted by atomic mass is 9.99. The Morgan fingerprint density at radius 2 is 2.15 bits per heavy atom. The van der Waals surface area contributed by atoms with Crippen molar-refractivity contribution in [3.8, 4) is 0 Å². The summed E-state index contributed by atoms with van der Waals surface area (Å²) in [5.41, 5.74) is 0.525. The molecule has 9 heteroatoms.